The molecule has 3 aromatic rings. The molecule has 2 aromatic carbocycles. The maximum atomic E-state index is 10.7. The van der Waals surface area contributed by atoms with Crippen LogP contribution < -0.4 is 9.47 Å². The summed E-state index contributed by atoms with van der Waals surface area (Å²) < 4.78 is 19.3. The van der Waals surface area contributed by atoms with Gasteiger partial charge in [-0.15, -0.1) is 0 Å². The summed E-state index contributed by atoms with van der Waals surface area (Å²) in [6.07, 6.45) is -0.615. The van der Waals surface area contributed by atoms with Gasteiger partial charge in [0, 0.05) is 37.8 Å². The van der Waals surface area contributed by atoms with Crippen LogP contribution in [-0.2, 0) is 18.3 Å². The van der Waals surface area contributed by atoms with E-state index in [4.69, 9.17) is 19.3 Å². The molecule has 0 radical (unpaired) electrons. The summed E-state index contributed by atoms with van der Waals surface area (Å²) in [4.78, 5) is 2.22. The predicted molar refractivity (Wildman–Crippen MR) is 139 cm³/mol. The third-order valence-corrected chi connectivity index (χ3v) is 5.64. The van der Waals surface area contributed by atoms with Crippen LogP contribution in [0.2, 0.25) is 0 Å². The molecular formula is C28H39N3O4. The molecule has 0 bridgehead atoms. The average Bonchev–Trinajstić information content (AvgIpc) is 3.12. The molecule has 7 heteroatoms. The Balaban J connectivity index is 1.95. The second-order valence-corrected chi connectivity index (χ2v) is 10.0. The van der Waals surface area contributed by atoms with Crippen LogP contribution in [0.5, 0.6) is 17.4 Å². The quantitative estimate of drug-likeness (QED) is 0.402. The van der Waals surface area contributed by atoms with Crippen molar-refractivity contribution in [2.75, 3.05) is 20.3 Å². The first-order valence-corrected chi connectivity index (χ1v) is 12.1. The highest BCUT2D eigenvalue weighted by molar-refractivity contribution is 5.65. The van der Waals surface area contributed by atoms with E-state index < -0.39 is 6.10 Å². The molecule has 0 aliphatic carbocycles. The molecule has 3 rings (SSSR count). The summed E-state index contributed by atoms with van der Waals surface area (Å²) in [7, 11) is 3.52. The average molecular weight is 482 g/mol. The van der Waals surface area contributed by atoms with Crippen molar-refractivity contribution >= 4 is 0 Å². The van der Waals surface area contributed by atoms with Gasteiger partial charge in [-0.3, -0.25) is 4.90 Å². The number of aliphatic hydroxyl groups excluding tert-OH is 1. The molecule has 0 amide bonds. The topological polar surface area (TPSA) is 69.0 Å². The molecule has 0 aliphatic rings. The van der Waals surface area contributed by atoms with E-state index in [-0.39, 0.29) is 18.2 Å². The van der Waals surface area contributed by atoms with Gasteiger partial charge >= 0.3 is 0 Å². The summed E-state index contributed by atoms with van der Waals surface area (Å²) >= 11 is 0. The summed E-state index contributed by atoms with van der Waals surface area (Å²) in [5.74, 6) is 2.05. The standard InChI is InChI=1S/C28H39N3O4/c1-20(2)31(17-22(32)19-34-28(3,4)5)18-25-26(21-12-9-8-10-13-21)29-30(6)27(25)35-24-15-11-14-23(16-24)33-7/h8-16,20,22,32H,17-19H2,1-7H3/t22-/m1/s1. The minimum atomic E-state index is -0.615. The predicted octanol–water partition coefficient (Wildman–Crippen LogP) is 5.27. The van der Waals surface area contributed by atoms with Crippen LogP contribution >= 0.6 is 0 Å². The lowest BCUT2D eigenvalue weighted by Crippen LogP contribution is -2.40. The Kier molecular flexibility index (Phi) is 8.94. The van der Waals surface area contributed by atoms with Crippen molar-refractivity contribution in [2.24, 2.45) is 7.05 Å². The number of nitrogens with zero attached hydrogens (tertiary/aromatic N) is 3. The molecule has 0 spiro atoms. The van der Waals surface area contributed by atoms with Crippen LogP contribution in [0.3, 0.4) is 0 Å². The molecule has 0 aliphatic heterocycles. The van der Waals surface area contributed by atoms with Crippen molar-refractivity contribution in [1.82, 2.24) is 14.7 Å². The van der Waals surface area contributed by atoms with E-state index in [1.165, 1.54) is 0 Å². The van der Waals surface area contributed by atoms with E-state index in [0.29, 0.717) is 24.7 Å². The summed E-state index contributed by atoms with van der Waals surface area (Å²) in [5.41, 5.74) is 2.53. The van der Waals surface area contributed by atoms with Crippen LogP contribution in [0.4, 0.5) is 0 Å². The second-order valence-electron chi connectivity index (χ2n) is 10.0. The van der Waals surface area contributed by atoms with Crippen molar-refractivity contribution in [2.45, 2.75) is 58.9 Å². The molecule has 1 aromatic heterocycles. The van der Waals surface area contributed by atoms with Crippen LogP contribution in [0.15, 0.2) is 54.6 Å². The number of ether oxygens (including phenoxy) is 3. The van der Waals surface area contributed by atoms with Crippen LogP contribution in [0.25, 0.3) is 11.3 Å². The Morgan fingerprint density at radius 2 is 1.71 bits per heavy atom. The van der Waals surface area contributed by atoms with Gasteiger partial charge in [-0.05, 0) is 46.8 Å². The Hall–Kier alpha value is -2.87. The Morgan fingerprint density at radius 3 is 2.34 bits per heavy atom. The Bertz CT molecular complexity index is 1070. The fourth-order valence-corrected chi connectivity index (χ4v) is 3.76. The normalized spacial score (nSPS) is 12.9. The van der Waals surface area contributed by atoms with Gasteiger partial charge in [0.25, 0.3) is 0 Å². The zero-order chi connectivity index (χ0) is 25.6. The first kappa shape index (κ1) is 26.7. The zero-order valence-electron chi connectivity index (χ0n) is 22.0. The van der Waals surface area contributed by atoms with Gasteiger partial charge in [-0.2, -0.15) is 5.10 Å². The van der Waals surface area contributed by atoms with Gasteiger partial charge in [0.1, 0.15) is 17.2 Å². The first-order valence-electron chi connectivity index (χ1n) is 12.1. The minimum Gasteiger partial charge on any atom is -0.497 e. The highest BCUT2D eigenvalue weighted by atomic mass is 16.5. The summed E-state index contributed by atoms with van der Waals surface area (Å²) in [5, 5.41) is 15.6. The van der Waals surface area contributed by atoms with E-state index in [0.717, 1.165) is 22.6 Å². The highest BCUT2D eigenvalue weighted by Crippen LogP contribution is 2.35. The number of aryl methyl sites for hydroxylation is 1. The molecule has 1 heterocycles. The Morgan fingerprint density at radius 1 is 1.03 bits per heavy atom. The summed E-state index contributed by atoms with van der Waals surface area (Å²) in [6.45, 7) is 11.5. The monoisotopic (exact) mass is 481 g/mol. The molecular weight excluding hydrogens is 442 g/mol. The lowest BCUT2D eigenvalue weighted by atomic mass is 10.1. The fourth-order valence-electron chi connectivity index (χ4n) is 3.76. The lowest BCUT2D eigenvalue weighted by Gasteiger charge is -2.30. The third kappa shape index (κ3) is 7.56. The van der Waals surface area contributed by atoms with Gasteiger partial charge in [-0.25, -0.2) is 4.68 Å². The fraction of sp³-hybridized carbons (Fsp3) is 0.464. The molecule has 190 valence electrons. The number of hydrogen-bond donors (Lipinski definition) is 1. The first-order chi connectivity index (χ1) is 16.6. The largest absolute Gasteiger partial charge is 0.497 e. The van der Waals surface area contributed by atoms with Crippen LogP contribution in [0.1, 0.15) is 40.2 Å². The number of rotatable bonds is 11. The maximum Gasteiger partial charge on any atom is 0.222 e. The van der Waals surface area contributed by atoms with Crippen LogP contribution in [0, 0.1) is 0 Å². The van der Waals surface area contributed by atoms with Crippen molar-refractivity contribution in [1.29, 1.82) is 0 Å². The van der Waals surface area contributed by atoms with Crippen molar-refractivity contribution < 1.29 is 19.3 Å². The SMILES string of the molecule is COc1cccc(Oc2c(CN(C[C@@H](O)COC(C)(C)C)C(C)C)c(-c3ccccc3)nn2C)c1. The Labute approximate surface area is 209 Å². The molecule has 35 heavy (non-hydrogen) atoms. The van der Waals surface area contributed by atoms with Crippen molar-refractivity contribution in [3.63, 3.8) is 0 Å². The van der Waals surface area contributed by atoms with E-state index in [1.54, 1.807) is 11.8 Å². The number of benzene rings is 2. The van der Waals surface area contributed by atoms with Gasteiger partial charge in [-0.1, -0.05) is 36.4 Å². The maximum absolute atomic E-state index is 10.7. The number of methoxy groups -OCH3 is 1. The number of aromatic nitrogens is 2. The van der Waals surface area contributed by atoms with E-state index >= 15 is 0 Å². The molecule has 0 saturated carbocycles. The summed E-state index contributed by atoms with van der Waals surface area (Å²) in [6, 6.07) is 17.8. The molecule has 0 saturated heterocycles. The molecule has 0 unspecified atom stereocenters. The molecule has 1 N–H and O–H groups in total. The van der Waals surface area contributed by atoms with Crippen molar-refractivity contribution in [3.8, 4) is 28.6 Å². The van der Waals surface area contributed by atoms with Gasteiger partial charge in [0.05, 0.1) is 31.0 Å². The molecule has 0 fully saturated rings. The second kappa shape index (κ2) is 11.7. The van der Waals surface area contributed by atoms with E-state index in [1.807, 2.05) is 82.4 Å². The van der Waals surface area contributed by atoms with Crippen molar-refractivity contribution in [3.05, 3.63) is 60.2 Å². The van der Waals surface area contributed by atoms with Gasteiger partial charge < -0.3 is 19.3 Å². The lowest BCUT2D eigenvalue weighted by molar-refractivity contribution is -0.0587. The third-order valence-electron chi connectivity index (χ3n) is 5.64. The van der Waals surface area contributed by atoms with Gasteiger partial charge in [0.15, 0.2) is 0 Å². The van der Waals surface area contributed by atoms with Crippen LogP contribution in [-0.4, -0.2) is 57.8 Å². The smallest absolute Gasteiger partial charge is 0.222 e. The molecule has 1 atom stereocenters. The number of hydrogen-bond acceptors (Lipinski definition) is 6. The number of aliphatic hydroxyl groups is 1. The zero-order valence-corrected chi connectivity index (χ0v) is 22.0. The molecule has 7 nitrogen and oxygen atoms in total. The van der Waals surface area contributed by atoms with E-state index in [9.17, 15) is 5.11 Å². The van der Waals surface area contributed by atoms with E-state index in [2.05, 4.69) is 18.7 Å². The highest BCUT2D eigenvalue weighted by Gasteiger charge is 2.25. The van der Waals surface area contributed by atoms with Gasteiger partial charge in [0.2, 0.25) is 5.88 Å². The minimum absolute atomic E-state index is 0.188.